The maximum atomic E-state index is 13.0. The Balaban J connectivity index is 1.57. The normalized spacial score (nSPS) is 26.2. The number of rotatable bonds is 2. The van der Waals surface area contributed by atoms with Gasteiger partial charge < -0.3 is 14.2 Å². The lowest BCUT2D eigenvalue weighted by atomic mass is 9.96. The van der Waals surface area contributed by atoms with Crippen LogP contribution >= 0.6 is 0 Å². The minimum absolute atomic E-state index is 0.0126. The molecule has 6 nitrogen and oxygen atoms in total. The molecule has 2 aliphatic rings. The van der Waals surface area contributed by atoms with Crippen LogP contribution in [-0.4, -0.2) is 33.6 Å². The van der Waals surface area contributed by atoms with Crippen LogP contribution in [0.25, 0.3) is 0 Å². The van der Waals surface area contributed by atoms with Crippen molar-refractivity contribution in [2.24, 2.45) is 0 Å². The maximum Gasteiger partial charge on any atom is 0.264 e. The van der Waals surface area contributed by atoms with E-state index >= 15 is 0 Å². The Kier molecular flexibility index (Phi) is 3.32. The molecule has 1 aromatic carbocycles. The number of carbonyl (C=O) groups is 1. The van der Waals surface area contributed by atoms with Crippen LogP contribution in [0.4, 0.5) is 0 Å². The summed E-state index contributed by atoms with van der Waals surface area (Å²) in [7, 11) is 0. The fraction of sp³-hybridized carbons (Fsp3) is 0.471. The minimum atomic E-state index is -0.471. The van der Waals surface area contributed by atoms with Gasteiger partial charge in [-0.15, -0.1) is 0 Å². The van der Waals surface area contributed by atoms with Crippen molar-refractivity contribution in [3.05, 3.63) is 41.5 Å². The molecule has 1 fully saturated rings. The SMILES string of the molecule is Cc1nc([C@@H]2CCCN2C(=O)[C@H]2Oc3ccccc3[C@@H]2C)no1. The highest BCUT2D eigenvalue weighted by Crippen LogP contribution is 2.40. The molecule has 3 heterocycles. The zero-order valence-electron chi connectivity index (χ0n) is 13.2. The zero-order valence-corrected chi connectivity index (χ0v) is 13.2. The van der Waals surface area contributed by atoms with Crippen LogP contribution in [0, 0.1) is 6.92 Å². The van der Waals surface area contributed by atoms with Gasteiger partial charge in [0.2, 0.25) is 5.89 Å². The Hall–Kier alpha value is -2.37. The molecule has 0 spiro atoms. The Morgan fingerprint density at radius 1 is 1.35 bits per heavy atom. The number of fused-ring (bicyclic) bond motifs is 1. The third-order valence-corrected chi connectivity index (χ3v) is 4.74. The first-order chi connectivity index (χ1) is 11.1. The molecule has 0 radical (unpaired) electrons. The van der Waals surface area contributed by atoms with Gasteiger partial charge in [-0.05, 0) is 18.9 Å². The quantitative estimate of drug-likeness (QED) is 0.852. The Bertz CT molecular complexity index is 742. The second-order valence-electron chi connectivity index (χ2n) is 6.23. The number of hydrogen-bond acceptors (Lipinski definition) is 5. The second-order valence-corrected chi connectivity index (χ2v) is 6.23. The molecule has 0 bridgehead atoms. The predicted molar refractivity (Wildman–Crippen MR) is 82.0 cm³/mol. The summed E-state index contributed by atoms with van der Waals surface area (Å²) >= 11 is 0. The van der Waals surface area contributed by atoms with Crippen LogP contribution in [0.15, 0.2) is 28.8 Å². The third kappa shape index (κ3) is 2.29. The number of aryl methyl sites for hydroxylation is 1. The predicted octanol–water partition coefficient (Wildman–Crippen LogP) is 2.61. The van der Waals surface area contributed by atoms with E-state index in [2.05, 4.69) is 10.1 Å². The summed E-state index contributed by atoms with van der Waals surface area (Å²) in [4.78, 5) is 19.2. The summed E-state index contributed by atoms with van der Waals surface area (Å²) < 4.78 is 11.0. The van der Waals surface area contributed by atoms with Crippen LogP contribution in [0.5, 0.6) is 5.75 Å². The fourth-order valence-electron chi connectivity index (χ4n) is 3.54. The molecule has 1 aromatic heterocycles. The highest BCUT2D eigenvalue weighted by Gasteiger charge is 2.43. The van der Waals surface area contributed by atoms with E-state index in [4.69, 9.17) is 9.26 Å². The first kappa shape index (κ1) is 14.2. The van der Waals surface area contributed by atoms with Crippen molar-refractivity contribution >= 4 is 5.91 Å². The molecule has 0 N–H and O–H groups in total. The molecule has 6 heteroatoms. The van der Waals surface area contributed by atoms with Crippen molar-refractivity contribution in [1.29, 1.82) is 0 Å². The van der Waals surface area contributed by atoms with Gasteiger partial charge in [0.05, 0.1) is 6.04 Å². The Morgan fingerprint density at radius 2 is 2.17 bits per heavy atom. The van der Waals surface area contributed by atoms with E-state index < -0.39 is 6.10 Å². The average Bonchev–Trinajstić information content (AvgIpc) is 3.26. The lowest BCUT2D eigenvalue weighted by Crippen LogP contribution is -2.42. The topological polar surface area (TPSA) is 68.5 Å². The van der Waals surface area contributed by atoms with Crippen molar-refractivity contribution in [1.82, 2.24) is 15.0 Å². The maximum absolute atomic E-state index is 13.0. The number of carbonyl (C=O) groups excluding carboxylic acids is 1. The van der Waals surface area contributed by atoms with Crippen LogP contribution in [0.3, 0.4) is 0 Å². The molecule has 2 aromatic rings. The van der Waals surface area contributed by atoms with Gasteiger partial charge in [-0.25, -0.2) is 0 Å². The Labute approximate surface area is 134 Å². The number of nitrogens with zero attached hydrogens (tertiary/aromatic N) is 3. The highest BCUT2D eigenvalue weighted by molar-refractivity contribution is 5.84. The van der Waals surface area contributed by atoms with Crippen LogP contribution < -0.4 is 4.74 Å². The number of hydrogen-bond donors (Lipinski definition) is 0. The van der Waals surface area contributed by atoms with Gasteiger partial charge >= 0.3 is 0 Å². The molecule has 3 atom stereocenters. The van der Waals surface area contributed by atoms with Crippen molar-refractivity contribution in [3.63, 3.8) is 0 Å². The van der Waals surface area contributed by atoms with E-state index in [-0.39, 0.29) is 17.9 Å². The lowest BCUT2D eigenvalue weighted by Gasteiger charge is -2.26. The molecule has 0 aliphatic carbocycles. The van der Waals surface area contributed by atoms with Crippen molar-refractivity contribution in [3.8, 4) is 5.75 Å². The third-order valence-electron chi connectivity index (χ3n) is 4.74. The summed E-state index contributed by atoms with van der Waals surface area (Å²) in [6.45, 7) is 4.51. The van der Waals surface area contributed by atoms with Gasteiger partial charge in [0, 0.05) is 24.9 Å². The van der Waals surface area contributed by atoms with E-state index in [9.17, 15) is 4.79 Å². The van der Waals surface area contributed by atoms with Gasteiger partial charge in [-0.1, -0.05) is 30.3 Å². The smallest absolute Gasteiger partial charge is 0.264 e. The molecule has 0 unspecified atom stereocenters. The molecule has 1 saturated heterocycles. The van der Waals surface area contributed by atoms with Crippen LogP contribution in [-0.2, 0) is 4.79 Å². The van der Waals surface area contributed by atoms with E-state index in [0.717, 1.165) is 24.2 Å². The second kappa shape index (κ2) is 5.37. The molecule has 1 amide bonds. The summed E-state index contributed by atoms with van der Waals surface area (Å²) in [5.41, 5.74) is 1.09. The molecule has 0 saturated carbocycles. The zero-order chi connectivity index (χ0) is 16.0. The molecular formula is C17H19N3O3. The number of amides is 1. The highest BCUT2D eigenvalue weighted by atomic mass is 16.5. The number of ether oxygens (including phenoxy) is 1. The average molecular weight is 313 g/mol. The molecule has 4 rings (SSSR count). The monoisotopic (exact) mass is 313 g/mol. The largest absolute Gasteiger partial charge is 0.480 e. The van der Waals surface area contributed by atoms with Gasteiger partial charge in [0.25, 0.3) is 5.91 Å². The molecule has 23 heavy (non-hydrogen) atoms. The molecular weight excluding hydrogens is 294 g/mol. The fourth-order valence-corrected chi connectivity index (χ4v) is 3.54. The standard InChI is InChI=1S/C17H19N3O3/c1-10-12-6-3-4-8-14(12)22-15(10)17(21)20-9-5-7-13(20)16-18-11(2)23-19-16/h3-4,6,8,10,13,15H,5,7,9H2,1-2H3/t10-,13-,15-/m0/s1. The number of benzene rings is 1. The van der Waals surface area contributed by atoms with E-state index in [1.807, 2.05) is 36.1 Å². The van der Waals surface area contributed by atoms with E-state index in [1.165, 1.54) is 0 Å². The first-order valence-corrected chi connectivity index (χ1v) is 8.01. The van der Waals surface area contributed by atoms with Crippen LogP contribution in [0.2, 0.25) is 0 Å². The van der Waals surface area contributed by atoms with Gasteiger partial charge in [0.15, 0.2) is 11.9 Å². The van der Waals surface area contributed by atoms with Gasteiger partial charge in [0.1, 0.15) is 5.75 Å². The molecule has 2 aliphatic heterocycles. The summed E-state index contributed by atoms with van der Waals surface area (Å²) in [5, 5.41) is 3.99. The van der Waals surface area contributed by atoms with Crippen molar-refractivity contribution in [2.45, 2.75) is 44.8 Å². The lowest BCUT2D eigenvalue weighted by molar-refractivity contribution is -0.139. The van der Waals surface area contributed by atoms with E-state index in [1.54, 1.807) is 6.92 Å². The summed E-state index contributed by atoms with van der Waals surface area (Å²) in [6, 6.07) is 7.74. The van der Waals surface area contributed by atoms with Crippen molar-refractivity contribution in [2.75, 3.05) is 6.54 Å². The first-order valence-electron chi connectivity index (χ1n) is 8.01. The Morgan fingerprint density at radius 3 is 2.91 bits per heavy atom. The van der Waals surface area contributed by atoms with Gasteiger partial charge in [-0.2, -0.15) is 4.98 Å². The van der Waals surface area contributed by atoms with Gasteiger partial charge in [-0.3, -0.25) is 4.79 Å². The minimum Gasteiger partial charge on any atom is -0.480 e. The number of para-hydroxylation sites is 1. The number of aromatic nitrogens is 2. The summed E-state index contributed by atoms with van der Waals surface area (Å²) in [5.74, 6) is 1.99. The van der Waals surface area contributed by atoms with E-state index in [0.29, 0.717) is 18.3 Å². The van der Waals surface area contributed by atoms with Crippen LogP contribution in [0.1, 0.15) is 49.0 Å². The summed E-state index contributed by atoms with van der Waals surface area (Å²) in [6.07, 6.45) is 1.33. The van der Waals surface area contributed by atoms with Crippen molar-refractivity contribution < 1.29 is 14.1 Å². The number of likely N-dealkylation sites (tertiary alicyclic amines) is 1. The molecule has 120 valence electrons.